The minimum Gasteiger partial charge on any atom is -0.377 e. The fourth-order valence-electron chi connectivity index (χ4n) is 6.97. The summed E-state index contributed by atoms with van der Waals surface area (Å²) in [6.07, 6.45) is 5.18. The molecule has 12 heteroatoms. The Morgan fingerprint density at radius 1 is 1.04 bits per heavy atom. The third-order valence-electron chi connectivity index (χ3n) is 9.72. The van der Waals surface area contributed by atoms with Crippen LogP contribution in [0.3, 0.4) is 0 Å². The number of likely N-dealkylation sites (N-methyl/N-ethyl adjacent to an activating group) is 1. The number of hydrogen-bond acceptors (Lipinski definition) is 8. The van der Waals surface area contributed by atoms with Crippen LogP contribution in [0.5, 0.6) is 0 Å². The number of amides is 1. The molecule has 0 radical (unpaired) electrons. The second-order valence-corrected chi connectivity index (χ2v) is 12.7. The monoisotopic (exact) mass is 667 g/mol. The van der Waals surface area contributed by atoms with Crippen LogP contribution in [0, 0.1) is 17.6 Å². The molecular weight excluding hydrogens is 620 g/mol. The van der Waals surface area contributed by atoms with E-state index in [9.17, 15) is 23.2 Å². The molecule has 3 N–H and O–H groups in total. The van der Waals surface area contributed by atoms with Crippen LogP contribution in [-0.2, 0) is 32.2 Å². The highest BCUT2D eigenvalue weighted by atomic mass is 19.2. The summed E-state index contributed by atoms with van der Waals surface area (Å²) in [5.74, 6) is -2.86. The molecular formula is C36H47F2N5O5. The number of nitrogens with zero attached hydrogens (tertiary/aromatic N) is 2. The predicted octanol–water partition coefficient (Wildman–Crippen LogP) is 3.81. The number of aldehydes is 1. The fourth-order valence-corrected chi connectivity index (χ4v) is 6.97. The Bertz CT molecular complexity index is 1550. The first-order chi connectivity index (χ1) is 23.3. The lowest BCUT2D eigenvalue weighted by atomic mass is 9.78. The number of carbonyl (C=O) groups excluding carboxylic acids is 3. The third-order valence-corrected chi connectivity index (χ3v) is 9.72. The van der Waals surface area contributed by atoms with E-state index in [2.05, 4.69) is 16.0 Å². The molecule has 48 heavy (non-hydrogen) atoms. The number of benzene rings is 2. The van der Waals surface area contributed by atoms with Gasteiger partial charge in [0.2, 0.25) is 5.91 Å². The minimum atomic E-state index is -1.40. The number of fused-ring (bicyclic) bond motifs is 1. The lowest BCUT2D eigenvalue weighted by Gasteiger charge is -2.51. The van der Waals surface area contributed by atoms with Gasteiger partial charge in [0.1, 0.15) is 0 Å². The fraction of sp³-hybridized carbons (Fsp3) is 0.528. The molecule has 2 fully saturated rings. The zero-order valence-electron chi connectivity index (χ0n) is 27.8. The summed E-state index contributed by atoms with van der Waals surface area (Å²) < 4.78 is 42.1. The number of carbonyl (C=O) groups is 3. The zero-order valence-corrected chi connectivity index (χ0v) is 27.8. The first-order valence-corrected chi connectivity index (χ1v) is 16.9. The van der Waals surface area contributed by atoms with E-state index < -0.39 is 29.4 Å². The molecule has 2 aromatic carbocycles. The first-order valence-electron chi connectivity index (χ1n) is 16.9. The van der Waals surface area contributed by atoms with E-state index in [0.717, 1.165) is 56.1 Å². The topological polar surface area (TPSA) is 114 Å². The molecule has 1 aliphatic carbocycles. The molecule has 0 bridgehead atoms. The Labute approximate surface area is 280 Å². The molecule has 2 aliphatic rings. The van der Waals surface area contributed by atoms with E-state index in [1.165, 1.54) is 0 Å². The van der Waals surface area contributed by atoms with Gasteiger partial charge in [0.05, 0.1) is 49.7 Å². The van der Waals surface area contributed by atoms with E-state index >= 15 is 0 Å². The molecule has 1 aliphatic heterocycles. The highest BCUT2D eigenvalue weighted by molar-refractivity contribution is 6.03. The second kappa shape index (κ2) is 16.7. The molecule has 1 saturated carbocycles. The zero-order chi connectivity index (χ0) is 34.1. The number of halogens is 2. The van der Waals surface area contributed by atoms with E-state index in [0.29, 0.717) is 43.8 Å². The number of piperazine rings is 1. The largest absolute Gasteiger partial charge is 0.377 e. The van der Waals surface area contributed by atoms with Gasteiger partial charge in [0.25, 0.3) is 0 Å². The average Bonchev–Trinajstić information content (AvgIpc) is 3.46. The molecule has 260 valence electrons. The quantitative estimate of drug-likeness (QED) is 0.120. The van der Waals surface area contributed by atoms with Crippen molar-refractivity contribution in [1.82, 2.24) is 25.4 Å². The molecule has 1 aromatic heterocycles. The Kier molecular flexibility index (Phi) is 12.4. The van der Waals surface area contributed by atoms with Crippen molar-refractivity contribution in [2.75, 3.05) is 46.5 Å². The summed E-state index contributed by atoms with van der Waals surface area (Å²) in [5.41, 5.74) is 0.263. The van der Waals surface area contributed by atoms with Crippen molar-refractivity contribution < 1.29 is 32.6 Å². The van der Waals surface area contributed by atoms with Crippen molar-refractivity contribution in [3.05, 3.63) is 71.4 Å². The highest BCUT2D eigenvalue weighted by Crippen LogP contribution is 2.36. The Balaban J connectivity index is 1.40. The van der Waals surface area contributed by atoms with Crippen LogP contribution in [0.25, 0.3) is 10.9 Å². The first kappa shape index (κ1) is 35.7. The maximum Gasteiger partial charge on any atom is 0.238 e. The van der Waals surface area contributed by atoms with Gasteiger partial charge in [-0.1, -0.05) is 49.6 Å². The third kappa shape index (κ3) is 8.01. The Morgan fingerprint density at radius 2 is 1.77 bits per heavy atom. The number of ether oxygens (including phenoxy) is 2. The number of ketones is 1. The number of nitrogens with one attached hydrogen (secondary N) is 3. The summed E-state index contributed by atoms with van der Waals surface area (Å²) in [5, 5.41) is 9.68. The Morgan fingerprint density at radius 3 is 2.50 bits per heavy atom. The van der Waals surface area contributed by atoms with Crippen molar-refractivity contribution in [2.45, 2.75) is 69.9 Å². The van der Waals surface area contributed by atoms with E-state index in [4.69, 9.17) is 9.47 Å². The molecule has 3 atom stereocenters. The van der Waals surface area contributed by atoms with Crippen LogP contribution in [0.4, 0.5) is 8.78 Å². The molecule has 10 nitrogen and oxygen atoms in total. The standard InChI is InChI=1S/C36H47F2N5O5/c1-25(39-2)35(46)41-36(24-44,28-11-7-4-8-12-28)43-14-13-40-22-33(43)34(45)32-20-27-19-29(37)30(38)21-31(27)42(32)15-16-47-17-18-48-23-26-9-5-3-6-10-26/h3,5-6,9-10,19-21,24-25,28,33,39-40H,4,7-8,11-18,22-23H2,1-2H3,(H,41,46)/t25-,33+,36+/m0/s1. The molecule has 1 amide bonds. The lowest BCUT2D eigenvalue weighted by Crippen LogP contribution is -2.74. The second-order valence-electron chi connectivity index (χ2n) is 12.7. The van der Waals surface area contributed by atoms with Crippen LogP contribution in [0.2, 0.25) is 0 Å². The van der Waals surface area contributed by atoms with Gasteiger partial charge in [-0.05, 0) is 44.5 Å². The van der Waals surface area contributed by atoms with Gasteiger partial charge in [0, 0.05) is 43.5 Å². The van der Waals surface area contributed by atoms with Gasteiger partial charge in [-0.2, -0.15) is 0 Å². The minimum absolute atomic E-state index is 0.184. The average molecular weight is 668 g/mol. The van der Waals surface area contributed by atoms with Crippen molar-refractivity contribution in [1.29, 1.82) is 0 Å². The van der Waals surface area contributed by atoms with Crippen LogP contribution in [-0.4, -0.2) is 91.7 Å². The molecule has 5 rings (SSSR count). The number of rotatable bonds is 16. The maximum absolute atomic E-state index is 14.6. The van der Waals surface area contributed by atoms with Gasteiger partial charge in [-0.3, -0.25) is 19.3 Å². The van der Waals surface area contributed by atoms with Gasteiger partial charge in [0.15, 0.2) is 29.4 Å². The Hall–Kier alpha value is -3.55. The smallest absolute Gasteiger partial charge is 0.238 e. The lowest BCUT2D eigenvalue weighted by molar-refractivity contribution is -0.141. The molecule has 3 aromatic rings. The normalized spacial score (nSPS) is 19.5. The van der Waals surface area contributed by atoms with E-state index in [-0.39, 0.29) is 43.0 Å². The summed E-state index contributed by atoms with van der Waals surface area (Å²) >= 11 is 0. The number of aromatic nitrogens is 1. The van der Waals surface area contributed by atoms with Crippen LogP contribution in [0.1, 0.15) is 55.1 Å². The van der Waals surface area contributed by atoms with Crippen molar-refractivity contribution in [3.63, 3.8) is 0 Å². The van der Waals surface area contributed by atoms with Gasteiger partial charge in [-0.25, -0.2) is 8.78 Å². The predicted molar refractivity (Wildman–Crippen MR) is 178 cm³/mol. The highest BCUT2D eigenvalue weighted by Gasteiger charge is 2.51. The van der Waals surface area contributed by atoms with Crippen molar-refractivity contribution in [2.24, 2.45) is 5.92 Å². The maximum atomic E-state index is 14.6. The van der Waals surface area contributed by atoms with Crippen LogP contribution >= 0.6 is 0 Å². The van der Waals surface area contributed by atoms with Gasteiger partial charge in [-0.15, -0.1) is 0 Å². The molecule has 1 saturated heterocycles. The van der Waals surface area contributed by atoms with Crippen molar-refractivity contribution >= 4 is 28.9 Å². The summed E-state index contributed by atoms with van der Waals surface area (Å²) in [6, 6.07) is 12.2. The summed E-state index contributed by atoms with van der Waals surface area (Å²) in [7, 11) is 1.68. The molecule has 2 heterocycles. The van der Waals surface area contributed by atoms with Gasteiger partial charge >= 0.3 is 0 Å². The molecule has 0 spiro atoms. The SMILES string of the molecule is CN[C@@H](C)C(=O)N[C@@](C=O)(C1CCCCC1)N1CCNC[C@@H]1C(=O)c1cc2cc(F)c(F)cc2n1CCOCCOCc1ccccc1. The number of hydrogen-bond donors (Lipinski definition) is 3. The van der Waals surface area contributed by atoms with Crippen LogP contribution < -0.4 is 16.0 Å². The van der Waals surface area contributed by atoms with Gasteiger partial charge < -0.3 is 30.0 Å². The number of Topliss-reactive ketones (excluding diaryl/α,β-unsaturated/α-hetero) is 1. The van der Waals surface area contributed by atoms with Crippen molar-refractivity contribution in [3.8, 4) is 0 Å². The molecule has 0 unspecified atom stereocenters. The summed E-state index contributed by atoms with van der Waals surface area (Å²) in [4.78, 5) is 43.1. The van der Waals surface area contributed by atoms with Crippen LogP contribution in [0.15, 0.2) is 48.5 Å². The van der Waals surface area contributed by atoms with E-state index in [1.807, 2.05) is 35.2 Å². The van der Waals surface area contributed by atoms with E-state index in [1.54, 1.807) is 24.6 Å². The summed E-state index contributed by atoms with van der Waals surface area (Å²) in [6.45, 7) is 4.35.